The van der Waals surface area contributed by atoms with E-state index in [1.165, 1.54) is 0 Å². The third-order valence-corrected chi connectivity index (χ3v) is 4.06. The van der Waals surface area contributed by atoms with Gasteiger partial charge in [0, 0.05) is 36.8 Å². The highest BCUT2D eigenvalue weighted by atomic mass is 15.3. The van der Waals surface area contributed by atoms with E-state index >= 15 is 0 Å². The highest BCUT2D eigenvalue weighted by molar-refractivity contribution is 6.12. The monoisotopic (exact) mass is 327 g/mol. The highest BCUT2D eigenvalue weighted by Gasteiger charge is 2.27. The molecule has 0 fully saturated rings. The molecule has 25 heavy (non-hydrogen) atoms. The lowest BCUT2D eigenvalue weighted by molar-refractivity contribution is 0.375. The molecule has 4 rings (SSSR count). The van der Waals surface area contributed by atoms with Crippen molar-refractivity contribution < 1.29 is 0 Å². The molecule has 1 atom stereocenters. The summed E-state index contributed by atoms with van der Waals surface area (Å²) in [6, 6.07) is 19.8. The Balaban J connectivity index is 1.84. The minimum Gasteiger partial charge on any atom is -0.332 e. The van der Waals surface area contributed by atoms with Crippen LogP contribution < -0.4 is 0 Å². The quantitative estimate of drug-likeness (QED) is 0.741. The van der Waals surface area contributed by atoms with E-state index < -0.39 is 0 Å². The van der Waals surface area contributed by atoms with Crippen LogP contribution in [0, 0.1) is 0 Å². The van der Waals surface area contributed by atoms with E-state index in [9.17, 15) is 0 Å². The first-order chi connectivity index (χ1) is 12.3. The predicted octanol–water partition coefficient (Wildman–Crippen LogP) is 3.31. The molecule has 5 nitrogen and oxygen atoms in total. The van der Waals surface area contributed by atoms with Crippen molar-refractivity contribution in [2.24, 2.45) is 9.98 Å². The van der Waals surface area contributed by atoms with Gasteiger partial charge in [-0.15, -0.1) is 0 Å². The largest absolute Gasteiger partial charge is 0.332 e. The van der Waals surface area contributed by atoms with Crippen LogP contribution in [0.3, 0.4) is 0 Å². The number of benzene rings is 1. The maximum atomic E-state index is 4.85. The average Bonchev–Trinajstić information content (AvgIpc) is 2.70. The molecule has 3 aromatic rings. The van der Waals surface area contributed by atoms with Gasteiger partial charge in [-0.1, -0.05) is 36.4 Å². The van der Waals surface area contributed by atoms with Crippen molar-refractivity contribution in [1.29, 1.82) is 0 Å². The summed E-state index contributed by atoms with van der Waals surface area (Å²) in [5, 5.41) is 0. The lowest BCUT2D eigenvalue weighted by Gasteiger charge is -2.31. The van der Waals surface area contributed by atoms with Crippen LogP contribution in [-0.2, 0) is 0 Å². The van der Waals surface area contributed by atoms with Crippen LogP contribution >= 0.6 is 0 Å². The molecule has 0 spiro atoms. The van der Waals surface area contributed by atoms with Crippen molar-refractivity contribution in [2.75, 3.05) is 7.05 Å². The number of hydrogen-bond donors (Lipinski definition) is 0. The first kappa shape index (κ1) is 15.2. The Labute approximate surface area is 146 Å². The summed E-state index contributed by atoms with van der Waals surface area (Å²) in [6.45, 7) is 0. The maximum absolute atomic E-state index is 4.85. The molecule has 0 saturated heterocycles. The van der Waals surface area contributed by atoms with Crippen LogP contribution in [0.15, 0.2) is 89.2 Å². The summed E-state index contributed by atoms with van der Waals surface area (Å²) in [4.78, 5) is 20.4. The van der Waals surface area contributed by atoms with Gasteiger partial charge in [0.15, 0.2) is 12.0 Å². The standard InChI is InChI=1S/C20H17N5/c1-25-19(16-10-7-12-21-14-16)23-18(15-8-3-2-4-9-15)24-20(25)17-11-5-6-13-22-17/h2-14,20H,1H3. The van der Waals surface area contributed by atoms with Gasteiger partial charge in [0.25, 0.3) is 0 Å². The molecule has 1 aromatic carbocycles. The van der Waals surface area contributed by atoms with Gasteiger partial charge in [-0.05, 0) is 24.3 Å². The molecule has 5 heteroatoms. The van der Waals surface area contributed by atoms with Crippen molar-refractivity contribution >= 4 is 11.7 Å². The van der Waals surface area contributed by atoms with Gasteiger partial charge in [-0.25, -0.2) is 9.98 Å². The second kappa shape index (κ2) is 6.65. The lowest BCUT2D eigenvalue weighted by Crippen LogP contribution is -2.36. The zero-order chi connectivity index (χ0) is 17.1. The topological polar surface area (TPSA) is 53.7 Å². The minimum absolute atomic E-state index is 0.232. The van der Waals surface area contributed by atoms with Crippen LogP contribution in [0.25, 0.3) is 0 Å². The Bertz CT molecular complexity index is 905. The van der Waals surface area contributed by atoms with E-state index in [0.29, 0.717) is 5.84 Å². The Hall–Kier alpha value is -3.34. The molecule has 122 valence electrons. The summed E-state index contributed by atoms with van der Waals surface area (Å²) in [6.07, 6.45) is 5.13. The number of aromatic nitrogens is 2. The molecule has 0 aliphatic carbocycles. The van der Waals surface area contributed by atoms with Gasteiger partial charge < -0.3 is 4.90 Å². The zero-order valence-corrected chi connectivity index (χ0v) is 13.8. The summed E-state index contributed by atoms with van der Waals surface area (Å²) in [5.74, 6) is 1.53. The second-order valence-corrected chi connectivity index (χ2v) is 5.74. The molecule has 3 heterocycles. The van der Waals surface area contributed by atoms with Crippen molar-refractivity contribution in [3.8, 4) is 0 Å². The third-order valence-electron chi connectivity index (χ3n) is 4.06. The normalized spacial score (nSPS) is 17.0. The molecular formula is C20H17N5. The molecular weight excluding hydrogens is 310 g/mol. The average molecular weight is 327 g/mol. The van der Waals surface area contributed by atoms with Gasteiger partial charge in [-0.2, -0.15) is 0 Å². The van der Waals surface area contributed by atoms with Gasteiger partial charge >= 0.3 is 0 Å². The Morgan fingerprint density at radius 2 is 1.64 bits per heavy atom. The molecule has 0 amide bonds. The summed E-state index contributed by atoms with van der Waals surface area (Å²) >= 11 is 0. The molecule has 2 aromatic heterocycles. The first-order valence-electron chi connectivity index (χ1n) is 8.09. The molecule has 0 N–H and O–H groups in total. The van der Waals surface area contributed by atoms with Crippen molar-refractivity contribution in [2.45, 2.75) is 6.17 Å². The van der Waals surface area contributed by atoms with Crippen molar-refractivity contribution in [1.82, 2.24) is 14.9 Å². The Kier molecular flexibility index (Phi) is 4.04. The maximum Gasteiger partial charge on any atom is 0.167 e. The van der Waals surface area contributed by atoms with Crippen LogP contribution in [0.5, 0.6) is 0 Å². The molecule has 1 aliphatic rings. The fourth-order valence-corrected chi connectivity index (χ4v) is 2.81. The smallest absolute Gasteiger partial charge is 0.167 e. The lowest BCUT2D eigenvalue weighted by atomic mass is 10.1. The fraction of sp³-hybridized carbons (Fsp3) is 0.100. The summed E-state index contributed by atoms with van der Waals surface area (Å²) in [5.41, 5.74) is 2.82. The number of hydrogen-bond acceptors (Lipinski definition) is 5. The number of rotatable bonds is 3. The van der Waals surface area contributed by atoms with Gasteiger partial charge in [-0.3, -0.25) is 9.97 Å². The van der Waals surface area contributed by atoms with Gasteiger partial charge in [0.1, 0.15) is 5.84 Å². The van der Waals surface area contributed by atoms with Crippen LogP contribution in [-0.4, -0.2) is 33.6 Å². The molecule has 0 saturated carbocycles. The molecule has 0 bridgehead atoms. The van der Waals surface area contributed by atoms with E-state index in [2.05, 4.69) is 9.97 Å². The third kappa shape index (κ3) is 3.04. The molecule has 0 radical (unpaired) electrons. The number of aliphatic imine (C=N–C) groups is 2. The predicted molar refractivity (Wildman–Crippen MR) is 98.5 cm³/mol. The summed E-state index contributed by atoms with van der Waals surface area (Å²) < 4.78 is 0. The highest BCUT2D eigenvalue weighted by Crippen LogP contribution is 2.26. The van der Waals surface area contributed by atoms with Crippen LogP contribution in [0.1, 0.15) is 23.0 Å². The Morgan fingerprint density at radius 1 is 0.840 bits per heavy atom. The van der Waals surface area contributed by atoms with Gasteiger partial charge in [0.2, 0.25) is 0 Å². The van der Waals surface area contributed by atoms with Crippen LogP contribution in [0.4, 0.5) is 0 Å². The van der Waals surface area contributed by atoms with E-state index in [0.717, 1.165) is 22.7 Å². The number of nitrogens with zero attached hydrogens (tertiary/aromatic N) is 5. The van der Waals surface area contributed by atoms with E-state index in [1.54, 1.807) is 12.4 Å². The SMILES string of the molecule is CN1C(c2cccnc2)=NC(c2ccccc2)=NC1c1ccccn1. The fourth-order valence-electron chi connectivity index (χ4n) is 2.81. The van der Waals surface area contributed by atoms with Crippen molar-refractivity contribution in [3.63, 3.8) is 0 Å². The van der Waals surface area contributed by atoms with E-state index in [-0.39, 0.29) is 6.17 Å². The molecule has 1 aliphatic heterocycles. The second-order valence-electron chi connectivity index (χ2n) is 5.74. The molecule has 1 unspecified atom stereocenters. The minimum atomic E-state index is -0.232. The Morgan fingerprint density at radius 3 is 2.36 bits per heavy atom. The van der Waals surface area contributed by atoms with Gasteiger partial charge in [0.05, 0.1) is 5.69 Å². The summed E-state index contributed by atoms with van der Waals surface area (Å²) in [7, 11) is 1.98. The van der Waals surface area contributed by atoms with E-state index in [4.69, 9.17) is 9.98 Å². The van der Waals surface area contributed by atoms with Crippen LogP contribution in [0.2, 0.25) is 0 Å². The van der Waals surface area contributed by atoms with E-state index in [1.807, 2.05) is 78.8 Å². The number of pyridine rings is 2. The first-order valence-corrected chi connectivity index (χ1v) is 8.09. The van der Waals surface area contributed by atoms with Crippen molar-refractivity contribution in [3.05, 3.63) is 96.1 Å². The number of amidine groups is 2. The zero-order valence-electron chi connectivity index (χ0n) is 13.8.